The number of thioether (sulfide) groups is 1. The lowest BCUT2D eigenvalue weighted by Crippen LogP contribution is -2.50. The molecule has 26 heavy (non-hydrogen) atoms. The molecule has 1 amide bonds. The summed E-state index contributed by atoms with van der Waals surface area (Å²) in [5.74, 6) is 0.699. The lowest BCUT2D eigenvalue weighted by atomic mass is 10.2. The van der Waals surface area contributed by atoms with E-state index in [4.69, 9.17) is 0 Å². The van der Waals surface area contributed by atoms with Gasteiger partial charge in [0.1, 0.15) is 5.82 Å². The van der Waals surface area contributed by atoms with Crippen LogP contribution in [-0.4, -0.2) is 60.9 Å². The predicted molar refractivity (Wildman–Crippen MR) is 103 cm³/mol. The second kappa shape index (κ2) is 7.68. The highest BCUT2D eigenvalue weighted by atomic mass is 32.2. The average molecular weight is 371 g/mol. The van der Waals surface area contributed by atoms with Crippen molar-refractivity contribution < 1.29 is 9.18 Å². The van der Waals surface area contributed by atoms with Crippen LogP contribution >= 0.6 is 11.8 Å². The number of hydrogen-bond donors (Lipinski definition) is 0. The summed E-state index contributed by atoms with van der Waals surface area (Å²) in [7, 11) is 0. The van der Waals surface area contributed by atoms with Crippen LogP contribution in [0.25, 0.3) is 0 Å². The van der Waals surface area contributed by atoms with Crippen molar-refractivity contribution >= 4 is 23.4 Å². The van der Waals surface area contributed by atoms with Gasteiger partial charge in [0.15, 0.2) is 0 Å². The minimum atomic E-state index is -0.312. The van der Waals surface area contributed by atoms with Crippen molar-refractivity contribution in [3.8, 4) is 0 Å². The summed E-state index contributed by atoms with van der Waals surface area (Å²) < 4.78 is 13.0. The van der Waals surface area contributed by atoms with Crippen molar-refractivity contribution in [2.45, 2.75) is 4.90 Å². The number of halogens is 1. The molecule has 2 aromatic rings. The quantitative estimate of drug-likeness (QED) is 0.825. The second-order valence-corrected chi connectivity index (χ2v) is 7.63. The molecule has 0 aliphatic carbocycles. The molecule has 4 nitrogen and oxygen atoms in total. The average Bonchev–Trinajstić information content (AvgIpc) is 3.10. The van der Waals surface area contributed by atoms with Crippen molar-refractivity contribution in [2.24, 2.45) is 0 Å². The molecule has 6 heteroatoms. The van der Waals surface area contributed by atoms with Crippen LogP contribution in [0.2, 0.25) is 0 Å². The van der Waals surface area contributed by atoms with Gasteiger partial charge in [-0.05, 0) is 36.4 Å². The van der Waals surface area contributed by atoms with Gasteiger partial charge < -0.3 is 9.80 Å². The zero-order valence-corrected chi connectivity index (χ0v) is 15.4. The minimum absolute atomic E-state index is 0.00507. The number of carbonyl (C=O) groups is 1. The van der Waals surface area contributed by atoms with Gasteiger partial charge in [-0.1, -0.05) is 12.1 Å². The summed E-state index contributed by atoms with van der Waals surface area (Å²) in [5, 5.41) is 0. The predicted octanol–water partition coefficient (Wildman–Crippen LogP) is 3.15. The summed E-state index contributed by atoms with van der Waals surface area (Å²) in [4.78, 5) is 20.6. The first-order chi connectivity index (χ1) is 12.7. The van der Waals surface area contributed by atoms with E-state index in [0.29, 0.717) is 5.56 Å². The first-order valence-corrected chi connectivity index (χ1v) is 9.93. The largest absolute Gasteiger partial charge is 0.360 e. The van der Waals surface area contributed by atoms with Crippen molar-refractivity contribution in [3.63, 3.8) is 0 Å². The Kier molecular flexibility index (Phi) is 5.13. The zero-order valence-electron chi connectivity index (χ0n) is 14.6. The molecule has 2 aliphatic heterocycles. The molecule has 0 saturated carbocycles. The van der Waals surface area contributed by atoms with Gasteiger partial charge in [0.05, 0.1) is 11.6 Å². The zero-order chi connectivity index (χ0) is 17.9. The van der Waals surface area contributed by atoms with Gasteiger partial charge in [0.25, 0.3) is 5.91 Å². The Hall–Kier alpha value is -2.05. The molecule has 136 valence electrons. The Labute approximate surface area is 157 Å². The van der Waals surface area contributed by atoms with Gasteiger partial charge in [0, 0.05) is 49.7 Å². The summed E-state index contributed by atoms with van der Waals surface area (Å²) >= 11 is 1.89. The maximum Gasteiger partial charge on any atom is 0.253 e. The Morgan fingerprint density at radius 3 is 2.46 bits per heavy atom. The first-order valence-electron chi connectivity index (χ1n) is 8.95. The van der Waals surface area contributed by atoms with Crippen molar-refractivity contribution in [3.05, 3.63) is 59.9 Å². The summed E-state index contributed by atoms with van der Waals surface area (Å²) in [6.45, 7) is 5.23. The highest BCUT2D eigenvalue weighted by molar-refractivity contribution is 7.99. The summed E-state index contributed by atoms with van der Waals surface area (Å²) in [6, 6.07) is 14.4. The molecule has 2 heterocycles. The highest BCUT2D eigenvalue weighted by Crippen LogP contribution is 2.37. The molecule has 0 atom stereocenters. The minimum Gasteiger partial charge on any atom is -0.360 e. The van der Waals surface area contributed by atoms with E-state index in [9.17, 15) is 9.18 Å². The van der Waals surface area contributed by atoms with Crippen molar-refractivity contribution in [1.29, 1.82) is 0 Å². The lowest BCUT2D eigenvalue weighted by Gasteiger charge is -2.35. The number of amides is 1. The van der Waals surface area contributed by atoms with E-state index in [1.165, 1.54) is 22.7 Å². The van der Waals surface area contributed by atoms with E-state index < -0.39 is 0 Å². The normalized spacial score (nSPS) is 17.4. The molecule has 0 unspecified atom stereocenters. The lowest BCUT2D eigenvalue weighted by molar-refractivity contribution is 0.0640. The maximum absolute atomic E-state index is 13.0. The number of para-hydroxylation sites is 1. The number of hydrogen-bond acceptors (Lipinski definition) is 4. The van der Waals surface area contributed by atoms with Crippen LogP contribution in [0.5, 0.6) is 0 Å². The fourth-order valence-electron chi connectivity index (χ4n) is 3.45. The van der Waals surface area contributed by atoms with Gasteiger partial charge in [0.2, 0.25) is 0 Å². The Morgan fingerprint density at radius 1 is 0.962 bits per heavy atom. The Bertz CT molecular complexity index is 775. The monoisotopic (exact) mass is 371 g/mol. The van der Waals surface area contributed by atoms with Crippen LogP contribution in [-0.2, 0) is 0 Å². The third kappa shape index (κ3) is 3.71. The molecule has 1 saturated heterocycles. The SMILES string of the molecule is O=C(c1ccc(F)cc1)N1CCN(CCN2CSc3ccccc32)CC1. The molecular formula is C20H22FN3OS. The molecule has 2 aromatic carbocycles. The van der Waals surface area contributed by atoms with Gasteiger partial charge in [-0.15, -0.1) is 11.8 Å². The van der Waals surface area contributed by atoms with E-state index in [1.54, 1.807) is 12.1 Å². The first kappa shape index (κ1) is 17.4. The van der Waals surface area contributed by atoms with Gasteiger partial charge in [-0.25, -0.2) is 4.39 Å². The molecular weight excluding hydrogens is 349 g/mol. The molecule has 4 rings (SSSR count). The van der Waals surface area contributed by atoms with Crippen molar-refractivity contribution in [2.75, 3.05) is 50.0 Å². The van der Waals surface area contributed by atoms with Crippen molar-refractivity contribution in [1.82, 2.24) is 9.80 Å². The van der Waals surface area contributed by atoms with E-state index in [2.05, 4.69) is 34.1 Å². The fourth-order valence-corrected chi connectivity index (χ4v) is 4.54. The number of piperazine rings is 1. The number of anilines is 1. The molecule has 0 aromatic heterocycles. The molecule has 1 fully saturated rings. The highest BCUT2D eigenvalue weighted by Gasteiger charge is 2.24. The fraction of sp³-hybridized carbons (Fsp3) is 0.350. The van der Waals surface area contributed by atoms with E-state index in [1.807, 2.05) is 16.7 Å². The molecule has 0 N–H and O–H groups in total. The third-order valence-electron chi connectivity index (χ3n) is 5.02. The van der Waals surface area contributed by atoms with Crippen LogP contribution in [0.3, 0.4) is 0 Å². The van der Waals surface area contributed by atoms with E-state index in [-0.39, 0.29) is 11.7 Å². The summed E-state index contributed by atoms with van der Waals surface area (Å²) in [6.07, 6.45) is 0. The molecule has 0 bridgehead atoms. The standard InChI is InChI=1S/C20H22FN3OS/c21-17-7-5-16(6-8-17)20(25)23-12-9-22(10-13-23)11-14-24-15-26-19-4-2-1-3-18(19)24/h1-8H,9-15H2. The number of nitrogens with zero attached hydrogens (tertiary/aromatic N) is 3. The van der Waals surface area contributed by atoms with Crippen LogP contribution in [0, 0.1) is 5.82 Å². The van der Waals surface area contributed by atoms with E-state index in [0.717, 1.165) is 45.1 Å². The molecule has 2 aliphatic rings. The Balaban J connectivity index is 1.26. The van der Waals surface area contributed by atoms with Crippen LogP contribution in [0.4, 0.5) is 10.1 Å². The number of benzene rings is 2. The van der Waals surface area contributed by atoms with Crippen LogP contribution in [0.1, 0.15) is 10.4 Å². The van der Waals surface area contributed by atoms with Crippen LogP contribution < -0.4 is 4.90 Å². The molecule has 0 radical (unpaired) electrons. The molecule has 0 spiro atoms. The number of rotatable bonds is 4. The maximum atomic E-state index is 13.0. The topological polar surface area (TPSA) is 26.8 Å². The summed E-state index contributed by atoms with van der Waals surface area (Å²) in [5.41, 5.74) is 1.90. The van der Waals surface area contributed by atoms with E-state index >= 15 is 0 Å². The Morgan fingerprint density at radius 2 is 1.69 bits per heavy atom. The third-order valence-corrected chi connectivity index (χ3v) is 6.12. The van der Waals surface area contributed by atoms with Gasteiger partial charge >= 0.3 is 0 Å². The number of fused-ring (bicyclic) bond motifs is 1. The second-order valence-electron chi connectivity index (χ2n) is 6.65. The van der Waals surface area contributed by atoms with Gasteiger partial charge in [-0.2, -0.15) is 0 Å². The van der Waals surface area contributed by atoms with Crippen LogP contribution in [0.15, 0.2) is 53.4 Å². The van der Waals surface area contributed by atoms with Gasteiger partial charge in [-0.3, -0.25) is 9.69 Å². The smallest absolute Gasteiger partial charge is 0.253 e. The number of carbonyl (C=O) groups excluding carboxylic acids is 1.